The summed E-state index contributed by atoms with van der Waals surface area (Å²) >= 11 is 5.92. The lowest BCUT2D eigenvalue weighted by Gasteiger charge is -2.27. The van der Waals surface area contributed by atoms with Crippen molar-refractivity contribution in [1.29, 1.82) is 0 Å². The Balaban J connectivity index is 1.87. The van der Waals surface area contributed by atoms with Crippen LogP contribution in [0.5, 0.6) is 0 Å². The Labute approximate surface area is 164 Å². The Morgan fingerprint density at radius 3 is 2.33 bits per heavy atom. The fraction of sp³-hybridized carbons (Fsp3) is 0.579. The third-order valence-electron chi connectivity index (χ3n) is 5.44. The summed E-state index contributed by atoms with van der Waals surface area (Å²) in [5.41, 5.74) is 0.0455. The Bertz CT molecular complexity index is 845. The van der Waals surface area contributed by atoms with E-state index in [0.717, 1.165) is 5.56 Å². The molecule has 1 aromatic carbocycles. The second kappa shape index (κ2) is 7.09. The van der Waals surface area contributed by atoms with Crippen LogP contribution in [-0.2, 0) is 24.8 Å². The highest BCUT2D eigenvalue weighted by atomic mass is 35.5. The smallest absolute Gasteiger partial charge is 0.326 e. The summed E-state index contributed by atoms with van der Waals surface area (Å²) in [4.78, 5) is 26.3. The zero-order chi connectivity index (χ0) is 20.0. The fourth-order valence-electron chi connectivity index (χ4n) is 3.91. The van der Waals surface area contributed by atoms with E-state index in [9.17, 15) is 23.1 Å². The van der Waals surface area contributed by atoms with E-state index in [0.29, 0.717) is 17.9 Å². The number of rotatable bonds is 6. The number of aliphatic carboxylic acids is 1. The maximum absolute atomic E-state index is 13.3. The molecule has 27 heavy (non-hydrogen) atoms. The van der Waals surface area contributed by atoms with Crippen molar-refractivity contribution < 1.29 is 23.1 Å². The van der Waals surface area contributed by atoms with Gasteiger partial charge in [-0.1, -0.05) is 37.6 Å². The van der Waals surface area contributed by atoms with Crippen molar-refractivity contribution >= 4 is 33.3 Å². The van der Waals surface area contributed by atoms with Gasteiger partial charge in [-0.05, 0) is 42.9 Å². The molecule has 0 bridgehead atoms. The first kappa shape index (κ1) is 20.1. The average Bonchev–Trinajstić information content (AvgIpc) is 3.24. The van der Waals surface area contributed by atoms with Crippen LogP contribution in [0.15, 0.2) is 24.3 Å². The van der Waals surface area contributed by atoms with Crippen LogP contribution in [0.2, 0.25) is 5.02 Å². The van der Waals surface area contributed by atoms with E-state index in [1.54, 1.807) is 24.3 Å². The molecule has 2 aliphatic rings. The standard InChI is InChI=1S/C19H24ClNO5S/c1-12(2)11-27(25,26)15-9-16(17(22)23)21(10-15)18(24)19(7-8-19)13-3-5-14(20)6-4-13/h3-6,12,15-16H,7-11H2,1-2H3,(H,22,23)/t15-,16+/m1/s1. The summed E-state index contributed by atoms with van der Waals surface area (Å²) in [6.45, 7) is 3.56. The van der Waals surface area contributed by atoms with Crippen molar-refractivity contribution in [3.8, 4) is 0 Å². The van der Waals surface area contributed by atoms with E-state index in [2.05, 4.69) is 0 Å². The molecule has 1 amide bonds. The first-order valence-electron chi connectivity index (χ1n) is 9.08. The molecule has 1 saturated carbocycles. The molecule has 1 saturated heterocycles. The minimum Gasteiger partial charge on any atom is -0.480 e. The van der Waals surface area contributed by atoms with E-state index < -0.39 is 32.5 Å². The molecule has 1 aromatic rings. The van der Waals surface area contributed by atoms with E-state index in [1.807, 2.05) is 13.8 Å². The van der Waals surface area contributed by atoms with Gasteiger partial charge in [0.05, 0.1) is 16.4 Å². The molecular formula is C19H24ClNO5S. The number of halogens is 1. The number of nitrogens with zero attached hydrogens (tertiary/aromatic N) is 1. The predicted octanol–water partition coefficient (Wildman–Crippen LogP) is 2.50. The van der Waals surface area contributed by atoms with Gasteiger partial charge < -0.3 is 10.0 Å². The van der Waals surface area contributed by atoms with Gasteiger partial charge in [-0.2, -0.15) is 0 Å². The van der Waals surface area contributed by atoms with E-state index in [1.165, 1.54) is 4.90 Å². The topological polar surface area (TPSA) is 91.8 Å². The van der Waals surface area contributed by atoms with E-state index in [4.69, 9.17) is 11.6 Å². The molecule has 148 valence electrons. The molecule has 1 aliphatic carbocycles. The van der Waals surface area contributed by atoms with Gasteiger partial charge in [0, 0.05) is 11.6 Å². The third-order valence-corrected chi connectivity index (χ3v) is 8.18. The Morgan fingerprint density at radius 2 is 1.85 bits per heavy atom. The van der Waals surface area contributed by atoms with Gasteiger partial charge in [0.25, 0.3) is 0 Å². The van der Waals surface area contributed by atoms with Gasteiger partial charge in [-0.15, -0.1) is 0 Å². The summed E-state index contributed by atoms with van der Waals surface area (Å²) in [6, 6.07) is 5.88. The molecule has 0 aromatic heterocycles. The van der Waals surface area contributed by atoms with Crippen LogP contribution in [0.4, 0.5) is 0 Å². The highest BCUT2D eigenvalue weighted by molar-refractivity contribution is 7.92. The highest BCUT2D eigenvalue weighted by Gasteiger charge is 2.57. The number of carbonyl (C=O) groups is 2. The Morgan fingerprint density at radius 1 is 1.26 bits per heavy atom. The normalized spacial score (nSPS) is 24.2. The van der Waals surface area contributed by atoms with Crippen LogP contribution in [0.1, 0.15) is 38.7 Å². The summed E-state index contributed by atoms with van der Waals surface area (Å²) in [5.74, 6) is -1.50. The molecule has 1 aliphatic heterocycles. The molecule has 1 N–H and O–H groups in total. The van der Waals surface area contributed by atoms with Crippen molar-refractivity contribution in [3.05, 3.63) is 34.9 Å². The van der Waals surface area contributed by atoms with Gasteiger partial charge in [-0.25, -0.2) is 13.2 Å². The molecule has 8 heteroatoms. The van der Waals surface area contributed by atoms with Crippen LogP contribution in [0, 0.1) is 5.92 Å². The summed E-state index contributed by atoms with van der Waals surface area (Å²) < 4.78 is 25.2. The quantitative estimate of drug-likeness (QED) is 0.773. The molecule has 6 nitrogen and oxygen atoms in total. The van der Waals surface area contributed by atoms with Crippen LogP contribution < -0.4 is 0 Å². The van der Waals surface area contributed by atoms with Crippen molar-refractivity contribution in [1.82, 2.24) is 4.90 Å². The maximum atomic E-state index is 13.3. The van der Waals surface area contributed by atoms with Gasteiger partial charge in [-0.3, -0.25) is 4.79 Å². The van der Waals surface area contributed by atoms with E-state index in [-0.39, 0.29) is 30.5 Å². The average molecular weight is 414 g/mol. The molecule has 0 radical (unpaired) electrons. The van der Waals surface area contributed by atoms with Crippen LogP contribution in [-0.4, -0.2) is 53.9 Å². The zero-order valence-electron chi connectivity index (χ0n) is 15.4. The first-order valence-corrected chi connectivity index (χ1v) is 11.2. The predicted molar refractivity (Wildman–Crippen MR) is 103 cm³/mol. The van der Waals surface area contributed by atoms with Crippen molar-refractivity contribution in [2.75, 3.05) is 12.3 Å². The fourth-order valence-corrected chi connectivity index (χ4v) is 6.10. The number of amides is 1. The maximum Gasteiger partial charge on any atom is 0.326 e. The van der Waals surface area contributed by atoms with Crippen molar-refractivity contribution in [2.24, 2.45) is 5.92 Å². The molecule has 0 spiro atoms. The monoisotopic (exact) mass is 413 g/mol. The minimum absolute atomic E-state index is 0.00559. The lowest BCUT2D eigenvalue weighted by atomic mass is 9.94. The number of hydrogen-bond acceptors (Lipinski definition) is 4. The van der Waals surface area contributed by atoms with Gasteiger partial charge in [0.1, 0.15) is 6.04 Å². The van der Waals surface area contributed by atoms with Crippen molar-refractivity contribution in [3.63, 3.8) is 0 Å². The number of benzene rings is 1. The minimum atomic E-state index is -3.46. The SMILES string of the molecule is CC(C)CS(=O)(=O)[C@@H]1C[C@@H](C(=O)O)N(C(=O)C2(c3ccc(Cl)cc3)CC2)C1. The summed E-state index contributed by atoms with van der Waals surface area (Å²) in [7, 11) is -3.46. The number of carboxylic acid groups (broad SMARTS) is 1. The van der Waals surface area contributed by atoms with Crippen LogP contribution in [0.3, 0.4) is 0 Å². The Kier molecular flexibility index (Phi) is 5.29. The van der Waals surface area contributed by atoms with Crippen molar-refractivity contribution in [2.45, 2.75) is 49.8 Å². The first-order chi connectivity index (χ1) is 12.6. The van der Waals surface area contributed by atoms with Gasteiger partial charge in [0.15, 0.2) is 9.84 Å². The van der Waals surface area contributed by atoms with Gasteiger partial charge >= 0.3 is 5.97 Å². The number of carboxylic acids is 1. The number of carbonyl (C=O) groups excluding carboxylic acids is 1. The second-order valence-corrected chi connectivity index (χ2v) is 10.7. The molecule has 3 rings (SSSR count). The lowest BCUT2D eigenvalue weighted by molar-refractivity contribution is -0.149. The Hall–Kier alpha value is -1.60. The zero-order valence-corrected chi connectivity index (χ0v) is 17.0. The molecule has 2 fully saturated rings. The number of sulfone groups is 1. The van der Waals surface area contributed by atoms with Crippen LogP contribution >= 0.6 is 11.6 Å². The van der Waals surface area contributed by atoms with E-state index >= 15 is 0 Å². The summed E-state index contributed by atoms with van der Waals surface area (Å²) in [6.07, 6.45) is 1.20. The number of hydrogen-bond donors (Lipinski definition) is 1. The second-order valence-electron chi connectivity index (χ2n) is 7.98. The summed E-state index contributed by atoms with van der Waals surface area (Å²) in [5, 5.41) is 9.32. The lowest BCUT2D eigenvalue weighted by Crippen LogP contribution is -2.46. The number of likely N-dealkylation sites (tertiary alicyclic amines) is 1. The molecular weight excluding hydrogens is 390 g/mol. The van der Waals surface area contributed by atoms with Crippen LogP contribution in [0.25, 0.3) is 0 Å². The molecule has 1 heterocycles. The largest absolute Gasteiger partial charge is 0.480 e. The highest BCUT2D eigenvalue weighted by Crippen LogP contribution is 2.50. The molecule has 2 atom stereocenters. The third kappa shape index (κ3) is 3.85. The van der Waals surface area contributed by atoms with Gasteiger partial charge in [0.2, 0.25) is 5.91 Å². The molecule has 0 unspecified atom stereocenters.